The molecule has 0 fully saturated rings. The lowest BCUT2D eigenvalue weighted by Gasteiger charge is -2.16. The summed E-state index contributed by atoms with van der Waals surface area (Å²) in [5, 5.41) is 2.75. The van der Waals surface area contributed by atoms with Crippen LogP contribution in [0.15, 0.2) is 60.9 Å². The van der Waals surface area contributed by atoms with Crippen molar-refractivity contribution in [2.75, 3.05) is 5.32 Å². The molecule has 2 aromatic heterocycles. The molecule has 0 saturated heterocycles. The van der Waals surface area contributed by atoms with Gasteiger partial charge in [0, 0.05) is 37.1 Å². The highest BCUT2D eigenvalue weighted by atomic mass is 19.4. The number of aromatic nitrogens is 4. The molecule has 194 valence electrons. The van der Waals surface area contributed by atoms with Crippen molar-refractivity contribution in [2.45, 2.75) is 38.7 Å². The van der Waals surface area contributed by atoms with Gasteiger partial charge in [-0.3, -0.25) is 0 Å². The van der Waals surface area contributed by atoms with Crippen molar-refractivity contribution < 1.29 is 26.3 Å². The minimum Gasteiger partial charge on any atom is -0.365 e. The molecule has 0 atom stereocenters. The maximum Gasteiger partial charge on any atom is 0.434 e. The number of benzene rings is 2. The molecule has 0 aliphatic carbocycles. The third-order valence-electron chi connectivity index (χ3n) is 5.76. The Morgan fingerprint density at radius 2 is 1.57 bits per heavy atom. The summed E-state index contributed by atoms with van der Waals surface area (Å²) in [6.45, 7) is 3.95. The first-order valence-electron chi connectivity index (χ1n) is 11.3. The van der Waals surface area contributed by atoms with E-state index in [2.05, 4.69) is 20.3 Å². The second-order valence-corrected chi connectivity index (χ2v) is 8.80. The summed E-state index contributed by atoms with van der Waals surface area (Å²) in [5.41, 5.74) is 0.590. The maximum absolute atomic E-state index is 13.7. The van der Waals surface area contributed by atoms with Crippen molar-refractivity contribution in [1.82, 2.24) is 19.5 Å². The molecule has 5 nitrogen and oxygen atoms in total. The van der Waals surface area contributed by atoms with E-state index in [4.69, 9.17) is 0 Å². The highest BCUT2D eigenvalue weighted by molar-refractivity contribution is 5.64. The van der Waals surface area contributed by atoms with Crippen LogP contribution in [0.1, 0.15) is 42.1 Å². The molecule has 4 rings (SSSR count). The van der Waals surface area contributed by atoms with Crippen molar-refractivity contribution >= 4 is 5.82 Å². The number of aryl methyl sites for hydroxylation is 1. The quantitative estimate of drug-likeness (QED) is 0.271. The van der Waals surface area contributed by atoms with E-state index < -0.39 is 23.6 Å². The molecular weight excluding hydrogens is 496 g/mol. The molecule has 0 amide bonds. The molecule has 0 unspecified atom stereocenters. The average molecular weight is 519 g/mol. The summed E-state index contributed by atoms with van der Waals surface area (Å²) in [6.07, 6.45) is -7.57. The summed E-state index contributed by atoms with van der Waals surface area (Å²) in [6, 6.07) is 13.6. The number of alkyl halides is 6. The largest absolute Gasteiger partial charge is 0.434 e. The SMILES string of the molecule is CC(C)c1ccccc1-c1ncc(C(F)(F)F)c(NCc2ccc(-c3nc(C(F)(F)F)cn3C)cc2)n1. The summed E-state index contributed by atoms with van der Waals surface area (Å²) in [7, 11) is 1.45. The lowest BCUT2D eigenvalue weighted by molar-refractivity contribution is -0.141. The molecule has 0 bridgehead atoms. The predicted molar refractivity (Wildman–Crippen MR) is 128 cm³/mol. The molecule has 0 radical (unpaired) electrons. The van der Waals surface area contributed by atoms with Gasteiger partial charge in [-0.15, -0.1) is 0 Å². The van der Waals surface area contributed by atoms with Crippen molar-refractivity contribution in [2.24, 2.45) is 7.05 Å². The number of anilines is 1. The Kier molecular flexibility index (Phi) is 6.98. The van der Waals surface area contributed by atoms with Crippen LogP contribution >= 0.6 is 0 Å². The Morgan fingerprint density at radius 3 is 2.16 bits per heavy atom. The number of nitrogens with one attached hydrogen (secondary N) is 1. The summed E-state index contributed by atoms with van der Waals surface area (Å²) >= 11 is 0. The number of halogens is 6. The van der Waals surface area contributed by atoms with Gasteiger partial charge >= 0.3 is 12.4 Å². The van der Waals surface area contributed by atoms with Crippen molar-refractivity contribution in [3.8, 4) is 22.8 Å². The molecule has 37 heavy (non-hydrogen) atoms. The van der Waals surface area contributed by atoms with Gasteiger partial charge in [-0.2, -0.15) is 26.3 Å². The fourth-order valence-corrected chi connectivity index (χ4v) is 3.89. The van der Waals surface area contributed by atoms with Gasteiger partial charge in [0.05, 0.1) is 0 Å². The molecule has 0 saturated carbocycles. The number of nitrogens with zero attached hydrogens (tertiary/aromatic N) is 4. The molecule has 0 aliphatic heterocycles. The number of imidazole rings is 1. The van der Waals surface area contributed by atoms with E-state index in [1.807, 2.05) is 26.0 Å². The first kappa shape index (κ1) is 26.2. The van der Waals surface area contributed by atoms with Gasteiger partial charge in [0.15, 0.2) is 11.5 Å². The fourth-order valence-electron chi connectivity index (χ4n) is 3.89. The first-order valence-corrected chi connectivity index (χ1v) is 11.3. The summed E-state index contributed by atoms with van der Waals surface area (Å²) in [4.78, 5) is 11.8. The van der Waals surface area contributed by atoms with Gasteiger partial charge in [0.25, 0.3) is 0 Å². The van der Waals surface area contributed by atoms with Crippen LogP contribution in [0.4, 0.5) is 32.2 Å². The Hall–Kier alpha value is -3.89. The monoisotopic (exact) mass is 519 g/mol. The molecule has 0 spiro atoms. The minimum atomic E-state index is -4.67. The minimum absolute atomic E-state index is 0.00000724. The Labute approximate surface area is 209 Å². The van der Waals surface area contributed by atoms with Gasteiger partial charge in [-0.25, -0.2) is 15.0 Å². The molecular formula is C26H23F6N5. The van der Waals surface area contributed by atoms with Crippen molar-refractivity contribution in [1.29, 1.82) is 0 Å². The van der Waals surface area contributed by atoms with Gasteiger partial charge in [0.2, 0.25) is 0 Å². The van der Waals surface area contributed by atoms with Crippen LogP contribution in [0.5, 0.6) is 0 Å². The molecule has 2 aromatic carbocycles. The molecule has 11 heteroatoms. The predicted octanol–water partition coefficient (Wildman–Crippen LogP) is 7.32. The first-order chi connectivity index (χ1) is 17.3. The smallest absolute Gasteiger partial charge is 0.365 e. The van der Waals surface area contributed by atoms with Crippen LogP contribution in [0, 0.1) is 0 Å². The summed E-state index contributed by atoms with van der Waals surface area (Å²) < 4.78 is 81.2. The van der Waals surface area contributed by atoms with Gasteiger partial charge in [-0.05, 0) is 17.0 Å². The zero-order chi connectivity index (χ0) is 27.0. The Balaban J connectivity index is 1.60. The highest BCUT2D eigenvalue weighted by Gasteiger charge is 2.36. The average Bonchev–Trinajstić information content (AvgIpc) is 3.24. The summed E-state index contributed by atoms with van der Waals surface area (Å²) in [5.74, 6) is 0.0443. The molecule has 2 heterocycles. The molecule has 4 aromatic rings. The number of hydrogen-bond acceptors (Lipinski definition) is 4. The maximum atomic E-state index is 13.7. The van der Waals surface area contributed by atoms with Crippen LogP contribution in [-0.2, 0) is 25.9 Å². The van der Waals surface area contributed by atoms with Crippen LogP contribution < -0.4 is 5.32 Å². The van der Waals surface area contributed by atoms with Gasteiger partial charge < -0.3 is 9.88 Å². The van der Waals surface area contributed by atoms with E-state index in [-0.39, 0.29) is 29.9 Å². The standard InChI is InChI=1S/C26H23F6N5/c1-15(2)18-6-4-5-7-19(18)22-34-13-20(25(27,28)29)23(36-22)33-12-16-8-10-17(11-9-16)24-35-21(14-37(24)3)26(30,31)32/h4-11,13-15H,12H2,1-3H3,(H,33,34,36). The fraction of sp³-hybridized carbons (Fsp3) is 0.269. The van der Waals surface area contributed by atoms with E-state index in [0.29, 0.717) is 16.7 Å². The normalized spacial score (nSPS) is 12.3. The van der Waals surface area contributed by atoms with E-state index in [0.717, 1.165) is 18.0 Å². The lowest BCUT2D eigenvalue weighted by Crippen LogP contribution is -2.14. The number of rotatable bonds is 6. The lowest BCUT2D eigenvalue weighted by atomic mass is 9.97. The van der Waals surface area contributed by atoms with E-state index in [9.17, 15) is 26.3 Å². The van der Waals surface area contributed by atoms with Gasteiger partial charge in [-0.1, -0.05) is 62.4 Å². The zero-order valence-corrected chi connectivity index (χ0v) is 20.1. The molecule has 1 N–H and O–H groups in total. The third kappa shape index (κ3) is 5.76. The second kappa shape index (κ2) is 9.87. The Bertz CT molecular complexity index is 1390. The van der Waals surface area contributed by atoms with Crippen LogP contribution in [0.3, 0.4) is 0 Å². The molecule has 0 aliphatic rings. The van der Waals surface area contributed by atoms with Gasteiger partial charge in [0.1, 0.15) is 17.2 Å². The Morgan fingerprint density at radius 1 is 0.892 bits per heavy atom. The van der Waals surface area contributed by atoms with Crippen molar-refractivity contribution in [3.63, 3.8) is 0 Å². The highest BCUT2D eigenvalue weighted by Crippen LogP contribution is 2.36. The van der Waals surface area contributed by atoms with E-state index >= 15 is 0 Å². The van der Waals surface area contributed by atoms with Crippen LogP contribution in [0.25, 0.3) is 22.8 Å². The zero-order valence-electron chi connectivity index (χ0n) is 20.1. The topological polar surface area (TPSA) is 55.6 Å². The second-order valence-electron chi connectivity index (χ2n) is 8.80. The van der Waals surface area contributed by atoms with E-state index in [1.54, 1.807) is 36.4 Å². The number of hydrogen-bond donors (Lipinski definition) is 1. The van der Waals surface area contributed by atoms with Crippen LogP contribution in [-0.4, -0.2) is 19.5 Å². The third-order valence-corrected chi connectivity index (χ3v) is 5.76. The van der Waals surface area contributed by atoms with E-state index in [1.165, 1.54) is 11.6 Å². The van der Waals surface area contributed by atoms with Crippen molar-refractivity contribution in [3.05, 3.63) is 83.3 Å². The van der Waals surface area contributed by atoms with Crippen LogP contribution in [0.2, 0.25) is 0 Å².